The van der Waals surface area contributed by atoms with Crippen LogP contribution < -0.4 is 5.73 Å². The highest BCUT2D eigenvalue weighted by Crippen LogP contribution is 2.34. The van der Waals surface area contributed by atoms with Gasteiger partial charge in [-0.1, -0.05) is 20.3 Å². The normalized spacial score (nSPS) is 33.5. The van der Waals surface area contributed by atoms with E-state index < -0.39 is 0 Å². The first-order valence-corrected chi connectivity index (χ1v) is 8.91. The molecule has 3 nitrogen and oxygen atoms in total. The molecule has 2 aliphatic rings. The number of hydrogen-bond acceptors (Lipinski definition) is 3. The summed E-state index contributed by atoms with van der Waals surface area (Å²) in [6, 6.07) is 0. The van der Waals surface area contributed by atoms with Crippen LogP contribution in [0, 0.1) is 5.92 Å². The number of nitrogens with two attached hydrogens (primary N) is 1. The van der Waals surface area contributed by atoms with E-state index in [9.17, 15) is 0 Å². The first-order chi connectivity index (χ1) is 9.74. The van der Waals surface area contributed by atoms with Gasteiger partial charge in [0.15, 0.2) is 0 Å². The molecular formula is C17H35N3. The minimum absolute atomic E-state index is 0.310. The molecule has 0 aliphatic carbocycles. The van der Waals surface area contributed by atoms with Crippen molar-refractivity contribution in [2.24, 2.45) is 11.7 Å². The average molecular weight is 281 g/mol. The van der Waals surface area contributed by atoms with E-state index >= 15 is 0 Å². The predicted octanol–water partition coefficient (Wildman–Crippen LogP) is 2.70. The van der Waals surface area contributed by atoms with Crippen LogP contribution in [0.1, 0.15) is 58.8 Å². The Bertz CT molecular complexity index is 281. The summed E-state index contributed by atoms with van der Waals surface area (Å²) in [7, 11) is 0. The minimum Gasteiger partial charge on any atom is -0.329 e. The van der Waals surface area contributed by atoms with Crippen molar-refractivity contribution in [3.05, 3.63) is 0 Å². The van der Waals surface area contributed by atoms with E-state index in [0.29, 0.717) is 5.54 Å². The molecular weight excluding hydrogens is 246 g/mol. The van der Waals surface area contributed by atoms with Crippen LogP contribution in [0.3, 0.4) is 0 Å². The van der Waals surface area contributed by atoms with Crippen LogP contribution in [-0.4, -0.2) is 54.6 Å². The highest BCUT2D eigenvalue weighted by molar-refractivity contribution is 4.97. The fraction of sp³-hybridized carbons (Fsp3) is 1.00. The monoisotopic (exact) mass is 281 g/mol. The number of likely N-dealkylation sites (tertiary alicyclic amines) is 2. The second kappa shape index (κ2) is 7.77. The van der Waals surface area contributed by atoms with Gasteiger partial charge in [0.1, 0.15) is 0 Å². The molecule has 2 aliphatic heterocycles. The van der Waals surface area contributed by atoms with Crippen LogP contribution in [0.2, 0.25) is 0 Å². The molecule has 0 spiro atoms. The average Bonchev–Trinajstić information content (AvgIpc) is 2.82. The van der Waals surface area contributed by atoms with Crippen LogP contribution in [0.25, 0.3) is 0 Å². The summed E-state index contributed by atoms with van der Waals surface area (Å²) >= 11 is 0. The van der Waals surface area contributed by atoms with Gasteiger partial charge in [-0.05, 0) is 70.6 Å². The van der Waals surface area contributed by atoms with E-state index in [4.69, 9.17) is 5.73 Å². The zero-order chi connectivity index (χ0) is 14.4. The van der Waals surface area contributed by atoms with Crippen LogP contribution >= 0.6 is 0 Å². The van der Waals surface area contributed by atoms with Crippen molar-refractivity contribution < 1.29 is 0 Å². The van der Waals surface area contributed by atoms with Crippen molar-refractivity contribution in [3.8, 4) is 0 Å². The lowest BCUT2D eigenvalue weighted by Crippen LogP contribution is -2.53. The first-order valence-electron chi connectivity index (χ1n) is 8.91. The molecule has 3 heteroatoms. The Hall–Kier alpha value is -0.120. The number of nitrogens with zero attached hydrogens (tertiary/aromatic N) is 2. The molecule has 0 bridgehead atoms. The van der Waals surface area contributed by atoms with E-state index in [1.54, 1.807) is 0 Å². The highest BCUT2D eigenvalue weighted by atomic mass is 15.2. The van der Waals surface area contributed by atoms with Crippen molar-refractivity contribution in [3.63, 3.8) is 0 Å². The van der Waals surface area contributed by atoms with E-state index in [2.05, 4.69) is 23.6 Å². The third-order valence-corrected chi connectivity index (χ3v) is 5.58. The summed E-state index contributed by atoms with van der Waals surface area (Å²) in [6.07, 6.45) is 9.32. The molecule has 2 unspecified atom stereocenters. The Morgan fingerprint density at radius 3 is 2.65 bits per heavy atom. The zero-order valence-corrected chi connectivity index (χ0v) is 13.7. The predicted molar refractivity (Wildman–Crippen MR) is 87.0 cm³/mol. The van der Waals surface area contributed by atoms with E-state index in [-0.39, 0.29) is 0 Å². The second-order valence-corrected chi connectivity index (χ2v) is 7.01. The van der Waals surface area contributed by atoms with Crippen molar-refractivity contribution in [2.45, 2.75) is 64.3 Å². The maximum atomic E-state index is 6.27. The third-order valence-electron chi connectivity index (χ3n) is 5.58. The van der Waals surface area contributed by atoms with Crippen LogP contribution in [0.4, 0.5) is 0 Å². The van der Waals surface area contributed by atoms with Gasteiger partial charge in [-0.25, -0.2) is 0 Å². The molecule has 2 saturated heterocycles. The number of hydrogen-bond donors (Lipinski definition) is 1. The van der Waals surface area contributed by atoms with Gasteiger partial charge in [0.2, 0.25) is 0 Å². The Kier molecular flexibility index (Phi) is 6.31. The van der Waals surface area contributed by atoms with E-state index in [1.165, 1.54) is 77.7 Å². The van der Waals surface area contributed by atoms with Gasteiger partial charge in [0.25, 0.3) is 0 Å². The zero-order valence-electron chi connectivity index (χ0n) is 13.7. The molecule has 0 amide bonds. The summed E-state index contributed by atoms with van der Waals surface area (Å²) in [5.74, 6) is 0.929. The largest absolute Gasteiger partial charge is 0.329 e. The van der Waals surface area contributed by atoms with Gasteiger partial charge in [-0.3, -0.25) is 4.90 Å². The van der Waals surface area contributed by atoms with Crippen LogP contribution in [0.15, 0.2) is 0 Å². The molecule has 0 radical (unpaired) electrons. The molecule has 0 aromatic heterocycles. The van der Waals surface area contributed by atoms with Crippen molar-refractivity contribution in [1.82, 2.24) is 9.80 Å². The van der Waals surface area contributed by atoms with Crippen LogP contribution in [-0.2, 0) is 0 Å². The molecule has 2 atom stereocenters. The third kappa shape index (κ3) is 3.75. The second-order valence-electron chi connectivity index (χ2n) is 7.01. The van der Waals surface area contributed by atoms with Gasteiger partial charge < -0.3 is 10.6 Å². The summed E-state index contributed by atoms with van der Waals surface area (Å²) in [4.78, 5) is 5.42. The fourth-order valence-electron chi connectivity index (χ4n) is 4.33. The quantitative estimate of drug-likeness (QED) is 0.812. The first kappa shape index (κ1) is 16.3. The lowest BCUT2D eigenvalue weighted by atomic mass is 9.88. The maximum Gasteiger partial charge on any atom is 0.0344 e. The molecule has 0 aromatic rings. The van der Waals surface area contributed by atoms with Crippen molar-refractivity contribution in [2.75, 3.05) is 39.3 Å². The topological polar surface area (TPSA) is 32.5 Å². The molecule has 118 valence electrons. The lowest BCUT2D eigenvalue weighted by molar-refractivity contribution is 0.0998. The van der Waals surface area contributed by atoms with Gasteiger partial charge in [-0.2, -0.15) is 0 Å². The van der Waals surface area contributed by atoms with E-state index in [0.717, 1.165) is 12.5 Å². The molecule has 0 aromatic carbocycles. The van der Waals surface area contributed by atoms with Gasteiger partial charge in [0, 0.05) is 18.6 Å². The molecule has 20 heavy (non-hydrogen) atoms. The smallest absolute Gasteiger partial charge is 0.0344 e. The van der Waals surface area contributed by atoms with Crippen molar-refractivity contribution in [1.29, 1.82) is 0 Å². The van der Waals surface area contributed by atoms with Crippen LogP contribution in [0.5, 0.6) is 0 Å². The SMILES string of the molecule is CCCC1CCN(C2(CN)CCCN(CCC)CC2)C1. The summed E-state index contributed by atoms with van der Waals surface area (Å²) < 4.78 is 0. The van der Waals surface area contributed by atoms with Gasteiger partial charge in [-0.15, -0.1) is 0 Å². The molecule has 2 heterocycles. The molecule has 0 saturated carbocycles. The summed E-state index contributed by atoms with van der Waals surface area (Å²) in [5.41, 5.74) is 6.58. The van der Waals surface area contributed by atoms with E-state index in [1.807, 2.05) is 0 Å². The Labute approximate surface area is 125 Å². The van der Waals surface area contributed by atoms with Gasteiger partial charge in [0.05, 0.1) is 0 Å². The maximum absolute atomic E-state index is 6.27. The van der Waals surface area contributed by atoms with Crippen molar-refractivity contribution >= 4 is 0 Å². The van der Waals surface area contributed by atoms with Gasteiger partial charge >= 0.3 is 0 Å². The minimum atomic E-state index is 0.310. The Balaban J connectivity index is 1.95. The summed E-state index contributed by atoms with van der Waals surface area (Å²) in [5, 5.41) is 0. The Morgan fingerprint density at radius 2 is 1.95 bits per heavy atom. The number of rotatable bonds is 6. The molecule has 2 rings (SSSR count). The Morgan fingerprint density at radius 1 is 1.10 bits per heavy atom. The fourth-order valence-corrected chi connectivity index (χ4v) is 4.33. The highest BCUT2D eigenvalue weighted by Gasteiger charge is 2.40. The molecule has 2 fully saturated rings. The summed E-state index contributed by atoms with van der Waals surface area (Å²) in [6.45, 7) is 11.8. The standard InChI is InChI=1S/C17H35N3/c1-3-6-16-7-12-20(14-16)17(15-18)8-5-11-19(10-4-2)13-9-17/h16H,3-15,18H2,1-2H3. The lowest BCUT2D eigenvalue weighted by Gasteiger charge is -2.41. The molecule has 2 N–H and O–H groups in total.